The molecule has 2 nitrogen and oxygen atoms in total. The number of methoxy groups -OCH3 is 1. The van der Waals surface area contributed by atoms with Crippen LogP contribution in [0.15, 0.2) is 42.5 Å². The first-order chi connectivity index (χ1) is 9.60. The van der Waals surface area contributed by atoms with Crippen LogP contribution in [0.4, 0.5) is 4.39 Å². The predicted molar refractivity (Wildman–Crippen MR) is 79.4 cm³/mol. The Hall–Kier alpha value is -1.87. The van der Waals surface area contributed by atoms with Crippen LogP contribution < -0.4 is 10.5 Å². The molecule has 2 aromatic carbocycles. The summed E-state index contributed by atoms with van der Waals surface area (Å²) in [4.78, 5) is 0. The van der Waals surface area contributed by atoms with E-state index in [9.17, 15) is 4.39 Å². The Labute approximate surface area is 119 Å². The van der Waals surface area contributed by atoms with Crippen molar-refractivity contribution in [3.8, 4) is 5.75 Å². The molecule has 0 amide bonds. The SMILES string of the molecule is COc1ccc(CCC(N)c2ccc(C)c(F)c2)cc1. The van der Waals surface area contributed by atoms with Gasteiger partial charge in [-0.2, -0.15) is 0 Å². The lowest BCUT2D eigenvalue weighted by Crippen LogP contribution is -2.11. The van der Waals surface area contributed by atoms with Crippen molar-refractivity contribution < 1.29 is 9.13 Å². The second-order valence-corrected chi connectivity index (χ2v) is 5.00. The fraction of sp³-hybridized carbons (Fsp3) is 0.294. The second kappa shape index (κ2) is 6.53. The Morgan fingerprint density at radius 3 is 2.45 bits per heavy atom. The lowest BCUT2D eigenvalue weighted by molar-refractivity contribution is 0.414. The maximum absolute atomic E-state index is 13.5. The van der Waals surface area contributed by atoms with Gasteiger partial charge in [0.1, 0.15) is 11.6 Å². The molecule has 0 bridgehead atoms. The minimum atomic E-state index is -0.192. The normalized spacial score (nSPS) is 12.2. The molecule has 0 aliphatic carbocycles. The first-order valence-corrected chi connectivity index (χ1v) is 6.74. The number of hydrogen-bond acceptors (Lipinski definition) is 2. The highest BCUT2D eigenvalue weighted by atomic mass is 19.1. The summed E-state index contributed by atoms with van der Waals surface area (Å²) >= 11 is 0. The van der Waals surface area contributed by atoms with Crippen molar-refractivity contribution in [3.63, 3.8) is 0 Å². The number of halogens is 1. The van der Waals surface area contributed by atoms with Gasteiger partial charge >= 0.3 is 0 Å². The van der Waals surface area contributed by atoms with E-state index in [1.54, 1.807) is 20.1 Å². The van der Waals surface area contributed by atoms with Gasteiger partial charge in [0.25, 0.3) is 0 Å². The molecular weight excluding hydrogens is 253 g/mol. The van der Waals surface area contributed by atoms with Crippen LogP contribution in [0.2, 0.25) is 0 Å². The van der Waals surface area contributed by atoms with Crippen LogP contribution in [0.25, 0.3) is 0 Å². The van der Waals surface area contributed by atoms with Gasteiger partial charge in [-0.3, -0.25) is 0 Å². The van der Waals surface area contributed by atoms with E-state index in [1.807, 2.05) is 30.3 Å². The number of aryl methyl sites for hydroxylation is 2. The van der Waals surface area contributed by atoms with Gasteiger partial charge in [0.2, 0.25) is 0 Å². The molecule has 2 aromatic rings. The smallest absolute Gasteiger partial charge is 0.126 e. The second-order valence-electron chi connectivity index (χ2n) is 5.00. The van der Waals surface area contributed by atoms with Crippen molar-refractivity contribution in [1.82, 2.24) is 0 Å². The number of nitrogens with two attached hydrogens (primary N) is 1. The molecule has 0 saturated carbocycles. The number of rotatable bonds is 5. The van der Waals surface area contributed by atoms with Crippen LogP contribution in [-0.2, 0) is 6.42 Å². The maximum atomic E-state index is 13.5. The van der Waals surface area contributed by atoms with E-state index in [-0.39, 0.29) is 11.9 Å². The van der Waals surface area contributed by atoms with E-state index in [4.69, 9.17) is 10.5 Å². The van der Waals surface area contributed by atoms with Gasteiger partial charge < -0.3 is 10.5 Å². The summed E-state index contributed by atoms with van der Waals surface area (Å²) in [5.41, 5.74) is 8.83. The fourth-order valence-corrected chi connectivity index (χ4v) is 2.12. The monoisotopic (exact) mass is 273 g/mol. The van der Waals surface area contributed by atoms with E-state index >= 15 is 0 Å². The van der Waals surface area contributed by atoms with Gasteiger partial charge in [0.15, 0.2) is 0 Å². The molecule has 3 heteroatoms. The summed E-state index contributed by atoms with van der Waals surface area (Å²) in [5, 5.41) is 0. The Bertz CT molecular complexity index is 566. The standard InChI is InChI=1S/C17H20FNO/c1-12-3-7-14(11-16(12)18)17(19)10-6-13-4-8-15(20-2)9-5-13/h3-5,7-9,11,17H,6,10,19H2,1-2H3. The van der Waals surface area contributed by atoms with Crippen molar-refractivity contribution in [1.29, 1.82) is 0 Å². The van der Waals surface area contributed by atoms with E-state index in [1.165, 1.54) is 11.6 Å². The van der Waals surface area contributed by atoms with Crippen molar-refractivity contribution in [2.45, 2.75) is 25.8 Å². The minimum absolute atomic E-state index is 0.146. The molecule has 0 aliphatic heterocycles. The van der Waals surface area contributed by atoms with Crippen LogP contribution in [0.5, 0.6) is 5.75 Å². The summed E-state index contributed by atoms with van der Waals surface area (Å²) < 4.78 is 18.6. The molecule has 2 rings (SSSR count). The zero-order chi connectivity index (χ0) is 14.5. The molecule has 0 radical (unpaired) electrons. The molecule has 0 fully saturated rings. The van der Waals surface area contributed by atoms with Gasteiger partial charge in [-0.05, 0) is 54.7 Å². The molecule has 1 unspecified atom stereocenters. The number of hydrogen-bond donors (Lipinski definition) is 1. The average molecular weight is 273 g/mol. The van der Waals surface area contributed by atoms with E-state index in [0.717, 1.165) is 24.2 Å². The minimum Gasteiger partial charge on any atom is -0.497 e. The zero-order valence-corrected chi connectivity index (χ0v) is 11.9. The summed E-state index contributed by atoms with van der Waals surface area (Å²) in [7, 11) is 1.65. The van der Waals surface area contributed by atoms with Gasteiger partial charge in [-0.15, -0.1) is 0 Å². The molecule has 0 aromatic heterocycles. The molecular formula is C17H20FNO. The van der Waals surface area contributed by atoms with Gasteiger partial charge in [0.05, 0.1) is 7.11 Å². The molecule has 0 aliphatic rings. The largest absolute Gasteiger partial charge is 0.497 e. The van der Waals surface area contributed by atoms with Crippen molar-refractivity contribution in [3.05, 3.63) is 65.0 Å². The lowest BCUT2D eigenvalue weighted by atomic mass is 9.99. The maximum Gasteiger partial charge on any atom is 0.126 e. The van der Waals surface area contributed by atoms with Crippen LogP contribution in [-0.4, -0.2) is 7.11 Å². The summed E-state index contributed by atoms with van der Waals surface area (Å²) in [6.45, 7) is 1.75. The van der Waals surface area contributed by atoms with Crippen LogP contribution in [0, 0.1) is 12.7 Å². The molecule has 106 valence electrons. The van der Waals surface area contributed by atoms with E-state index < -0.39 is 0 Å². The van der Waals surface area contributed by atoms with Crippen molar-refractivity contribution >= 4 is 0 Å². The highest BCUT2D eigenvalue weighted by molar-refractivity contribution is 5.28. The molecule has 0 saturated heterocycles. The first-order valence-electron chi connectivity index (χ1n) is 6.74. The van der Waals surface area contributed by atoms with E-state index in [0.29, 0.717) is 5.56 Å². The van der Waals surface area contributed by atoms with Crippen LogP contribution in [0.1, 0.15) is 29.2 Å². The average Bonchev–Trinajstić information content (AvgIpc) is 2.48. The predicted octanol–water partition coefficient (Wildman–Crippen LogP) is 3.78. The summed E-state index contributed by atoms with van der Waals surface area (Å²) in [5.74, 6) is 0.654. The Kier molecular flexibility index (Phi) is 4.74. The van der Waals surface area contributed by atoms with Crippen molar-refractivity contribution in [2.75, 3.05) is 7.11 Å². The molecule has 2 N–H and O–H groups in total. The van der Waals surface area contributed by atoms with Crippen LogP contribution >= 0.6 is 0 Å². The number of benzene rings is 2. The fourth-order valence-electron chi connectivity index (χ4n) is 2.12. The van der Waals surface area contributed by atoms with Gasteiger partial charge in [-0.1, -0.05) is 24.3 Å². The summed E-state index contributed by atoms with van der Waals surface area (Å²) in [6, 6.07) is 13.0. The van der Waals surface area contributed by atoms with Crippen LogP contribution in [0.3, 0.4) is 0 Å². The molecule has 1 atom stereocenters. The van der Waals surface area contributed by atoms with E-state index in [2.05, 4.69) is 0 Å². The quantitative estimate of drug-likeness (QED) is 0.900. The topological polar surface area (TPSA) is 35.2 Å². The molecule has 20 heavy (non-hydrogen) atoms. The molecule has 0 heterocycles. The Balaban J connectivity index is 1.96. The number of ether oxygens (including phenoxy) is 1. The third-order valence-corrected chi connectivity index (χ3v) is 3.53. The van der Waals surface area contributed by atoms with Crippen molar-refractivity contribution in [2.24, 2.45) is 5.73 Å². The first kappa shape index (κ1) is 14.5. The third kappa shape index (κ3) is 3.58. The lowest BCUT2D eigenvalue weighted by Gasteiger charge is -2.13. The zero-order valence-electron chi connectivity index (χ0n) is 11.9. The summed E-state index contributed by atoms with van der Waals surface area (Å²) in [6.07, 6.45) is 1.65. The Morgan fingerprint density at radius 2 is 1.85 bits per heavy atom. The van der Waals surface area contributed by atoms with Gasteiger partial charge in [-0.25, -0.2) is 4.39 Å². The Morgan fingerprint density at radius 1 is 1.15 bits per heavy atom. The van der Waals surface area contributed by atoms with Gasteiger partial charge in [0, 0.05) is 6.04 Å². The molecule has 0 spiro atoms. The third-order valence-electron chi connectivity index (χ3n) is 3.53. The highest BCUT2D eigenvalue weighted by Crippen LogP contribution is 2.20. The highest BCUT2D eigenvalue weighted by Gasteiger charge is 2.08.